The van der Waals surface area contributed by atoms with Gasteiger partial charge in [0.15, 0.2) is 9.84 Å². The summed E-state index contributed by atoms with van der Waals surface area (Å²) >= 11 is 18.0. The molecule has 11 heteroatoms. The van der Waals surface area contributed by atoms with Crippen LogP contribution in [-0.2, 0) is 14.6 Å². The van der Waals surface area contributed by atoms with Crippen molar-refractivity contribution in [3.8, 4) is 5.75 Å². The molecular formula is C23H19Cl3N2O5S. The maximum absolute atomic E-state index is 12.8. The predicted molar refractivity (Wildman–Crippen MR) is 134 cm³/mol. The minimum atomic E-state index is -3.95. The number of nitrogens with one attached hydrogen (secondary N) is 2. The van der Waals surface area contributed by atoms with E-state index < -0.39 is 32.7 Å². The molecule has 0 saturated carbocycles. The third-order valence-electron chi connectivity index (χ3n) is 4.96. The van der Waals surface area contributed by atoms with Gasteiger partial charge in [-0.2, -0.15) is 0 Å². The van der Waals surface area contributed by atoms with Crippen LogP contribution in [0.2, 0.25) is 15.1 Å². The second kappa shape index (κ2) is 10.2. The van der Waals surface area contributed by atoms with Gasteiger partial charge in [0.2, 0.25) is 5.91 Å². The fraction of sp³-hybridized carbons (Fsp3) is 0.130. The Kier molecular flexibility index (Phi) is 7.77. The Morgan fingerprint density at radius 3 is 2.12 bits per heavy atom. The van der Waals surface area contributed by atoms with Crippen molar-refractivity contribution >= 4 is 67.8 Å². The van der Waals surface area contributed by atoms with Crippen LogP contribution in [0.4, 0.5) is 11.4 Å². The summed E-state index contributed by atoms with van der Waals surface area (Å²) in [6.07, 6.45) is 0. The van der Waals surface area contributed by atoms with E-state index in [1.54, 1.807) is 12.1 Å². The van der Waals surface area contributed by atoms with E-state index in [1.807, 2.05) is 6.92 Å². The molecule has 3 N–H and O–H groups in total. The fourth-order valence-electron chi connectivity index (χ4n) is 2.90. The molecule has 178 valence electrons. The van der Waals surface area contributed by atoms with E-state index in [-0.39, 0.29) is 36.9 Å². The Bertz CT molecular complexity index is 1380. The highest BCUT2D eigenvalue weighted by Crippen LogP contribution is 2.35. The molecule has 3 rings (SSSR count). The van der Waals surface area contributed by atoms with Crippen LogP contribution in [-0.4, -0.2) is 30.6 Å². The molecule has 1 atom stereocenters. The number of rotatable bonds is 6. The highest BCUT2D eigenvalue weighted by atomic mass is 35.5. The minimum absolute atomic E-state index is 0.00931. The summed E-state index contributed by atoms with van der Waals surface area (Å²) in [7, 11) is -3.95. The molecular weight excluding hydrogens is 523 g/mol. The maximum Gasteiger partial charge on any atom is 0.255 e. The quantitative estimate of drug-likeness (QED) is 0.346. The van der Waals surface area contributed by atoms with Gasteiger partial charge in [-0.25, -0.2) is 8.42 Å². The monoisotopic (exact) mass is 540 g/mol. The number of carbonyl (C=O) groups is 2. The first-order valence-electron chi connectivity index (χ1n) is 9.80. The molecule has 1 unspecified atom stereocenters. The van der Waals surface area contributed by atoms with Crippen molar-refractivity contribution < 1.29 is 23.1 Å². The number of phenolic OH excluding ortho intramolecular Hbond substituents is 1. The second-order valence-electron chi connectivity index (χ2n) is 7.42. The van der Waals surface area contributed by atoms with E-state index in [1.165, 1.54) is 43.3 Å². The summed E-state index contributed by atoms with van der Waals surface area (Å²) in [6.45, 7) is 3.07. The molecule has 3 aromatic rings. The third kappa shape index (κ3) is 5.64. The zero-order valence-corrected chi connectivity index (χ0v) is 21.0. The number of aryl methyl sites for hydroxylation is 1. The molecule has 0 fully saturated rings. The van der Waals surface area contributed by atoms with Crippen molar-refractivity contribution in [2.24, 2.45) is 0 Å². The summed E-state index contributed by atoms with van der Waals surface area (Å²) in [6, 6.07) is 12.7. The standard InChI is InChI=1S/C23H19Cl3N2O5S/c1-12-3-6-15(7-4-12)34(32,33)13(2)22(30)27-19-11-21(29)20(10-18(19)26)28-23(31)14-5-8-16(24)17(25)9-14/h3-11,13,29H,1-2H3,(H,27,30)(H,28,31). The van der Waals surface area contributed by atoms with E-state index in [9.17, 15) is 23.1 Å². The molecule has 0 aromatic heterocycles. The average molecular weight is 542 g/mol. The highest BCUT2D eigenvalue weighted by Gasteiger charge is 2.30. The van der Waals surface area contributed by atoms with Gasteiger partial charge >= 0.3 is 0 Å². The maximum atomic E-state index is 12.8. The molecule has 0 radical (unpaired) electrons. The number of sulfone groups is 1. The number of hydrogen-bond donors (Lipinski definition) is 3. The van der Waals surface area contributed by atoms with Gasteiger partial charge in [-0.3, -0.25) is 9.59 Å². The van der Waals surface area contributed by atoms with Crippen LogP contribution in [0.1, 0.15) is 22.8 Å². The molecule has 0 bridgehead atoms. The van der Waals surface area contributed by atoms with Crippen molar-refractivity contribution in [1.29, 1.82) is 0 Å². The molecule has 7 nitrogen and oxygen atoms in total. The number of carbonyl (C=O) groups excluding carboxylic acids is 2. The molecule has 0 aliphatic heterocycles. The van der Waals surface area contributed by atoms with Gasteiger partial charge < -0.3 is 15.7 Å². The number of halogens is 3. The SMILES string of the molecule is Cc1ccc(S(=O)(=O)C(C)C(=O)Nc2cc(O)c(NC(=O)c3ccc(Cl)c(Cl)c3)cc2Cl)cc1. The highest BCUT2D eigenvalue weighted by molar-refractivity contribution is 7.92. The van der Waals surface area contributed by atoms with E-state index in [0.29, 0.717) is 0 Å². The van der Waals surface area contributed by atoms with Crippen LogP contribution in [0.3, 0.4) is 0 Å². The van der Waals surface area contributed by atoms with E-state index in [4.69, 9.17) is 34.8 Å². The number of hydrogen-bond acceptors (Lipinski definition) is 5. The number of phenols is 1. The molecule has 0 aliphatic rings. The van der Waals surface area contributed by atoms with Gasteiger partial charge in [0.1, 0.15) is 11.0 Å². The summed E-state index contributed by atoms with van der Waals surface area (Å²) in [5.74, 6) is -1.82. The predicted octanol–water partition coefficient (Wildman–Crippen LogP) is 5.71. The van der Waals surface area contributed by atoms with E-state index in [0.717, 1.165) is 11.6 Å². The molecule has 3 aromatic carbocycles. The van der Waals surface area contributed by atoms with Crippen molar-refractivity contribution in [2.75, 3.05) is 10.6 Å². The Morgan fingerprint density at radius 1 is 0.853 bits per heavy atom. The zero-order chi connectivity index (χ0) is 25.2. The number of aromatic hydroxyl groups is 1. The normalized spacial score (nSPS) is 12.1. The van der Waals surface area contributed by atoms with Crippen LogP contribution in [0.5, 0.6) is 5.75 Å². The Balaban J connectivity index is 1.77. The lowest BCUT2D eigenvalue weighted by molar-refractivity contribution is -0.115. The van der Waals surface area contributed by atoms with E-state index in [2.05, 4.69) is 10.6 Å². The smallest absolute Gasteiger partial charge is 0.255 e. The van der Waals surface area contributed by atoms with Crippen molar-refractivity contribution in [3.63, 3.8) is 0 Å². The van der Waals surface area contributed by atoms with Gasteiger partial charge in [0, 0.05) is 11.6 Å². The lowest BCUT2D eigenvalue weighted by Gasteiger charge is -2.16. The summed E-state index contributed by atoms with van der Waals surface area (Å²) in [4.78, 5) is 25.1. The first-order valence-corrected chi connectivity index (χ1v) is 12.5. The lowest BCUT2D eigenvalue weighted by atomic mass is 10.2. The molecule has 0 aliphatic carbocycles. The van der Waals surface area contributed by atoms with Gasteiger partial charge in [0.05, 0.1) is 31.3 Å². The first kappa shape index (κ1) is 25.8. The fourth-order valence-corrected chi connectivity index (χ4v) is 4.67. The van der Waals surface area contributed by atoms with Crippen LogP contribution in [0.25, 0.3) is 0 Å². The van der Waals surface area contributed by atoms with Crippen molar-refractivity contribution in [3.05, 3.63) is 80.8 Å². The van der Waals surface area contributed by atoms with Crippen LogP contribution in [0.15, 0.2) is 59.5 Å². The topological polar surface area (TPSA) is 113 Å². The number of amides is 2. The van der Waals surface area contributed by atoms with Gasteiger partial charge in [-0.1, -0.05) is 52.5 Å². The summed E-state index contributed by atoms with van der Waals surface area (Å²) < 4.78 is 25.5. The number of benzene rings is 3. The molecule has 0 saturated heterocycles. The first-order chi connectivity index (χ1) is 15.9. The average Bonchev–Trinajstić information content (AvgIpc) is 2.78. The summed E-state index contributed by atoms with van der Waals surface area (Å²) in [5, 5.41) is 14.2. The van der Waals surface area contributed by atoms with Gasteiger partial charge in [-0.15, -0.1) is 0 Å². The molecule has 34 heavy (non-hydrogen) atoms. The van der Waals surface area contributed by atoms with Crippen LogP contribution in [0, 0.1) is 6.92 Å². The van der Waals surface area contributed by atoms with Gasteiger partial charge in [0.25, 0.3) is 5.91 Å². The van der Waals surface area contributed by atoms with Gasteiger partial charge in [-0.05, 0) is 50.2 Å². The summed E-state index contributed by atoms with van der Waals surface area (Å²) in [5.41, 5.74) is 1.02. The Labute approximate surface area is 211 Å². The van der Waals surface area contributed by atoms with Crippen LogP contribution < -0.4 is 10.6 Å². The van der Waals surface area contributed by atoms with Crippen molar-refractivity contribution in [2.45, 2.75) is 24.0 Å². The Hall–Kier alpha value is -2.78. The third-order valence-corrected chi connectivity index (χ3v) is 8.08. The number of anilines is 2. The lowest BCUT2D eigenvalue weighted by Crippen LogP contribution is -2.32. The molecule has 2 amide bonds. The molecule has 0 heterocycles. The zero-order valence-electron chi connectivity index (χ0n) is 17.9. The Morgan fingerprint density at radius 2 is 1.50 bits per heavy atom. The van der Waals surface area contributed by atoms with E-state index >= 15 is 0 Å². The van der Waals surface area contributed by atoms with Crippen molar-refractivity contribution in [1.82, 2.24) is 0 Å². The van der Waals surface area contributed by atoms with Crippen LogP contribution >= 0.6 is 34.8 Å². The largest absolute Gasteiger partial charge is 0.506 e. The second-order valence-corrected chi connectivity index (χ2v) is 10.9. The molecule has 0 spiro atoms. The minimum Gasteiger partial charge on any atom is -0.506 e.